The number of nitrogens with zero attached hydrogens (tertiary/aromatic N) is 1. The number of methoxy groups -OCH3 is 1. The molecule has 1 heterocycles. The molecule has 0 aromatic heterocycles. The molecule has 5 heteroatoms. The minimum Gasteiger partial charge on any atom is -0.493 e. The van der Waals surface area contributed by atoms with Gasteiger partial charge in [0.25, 0.3) is 0 Å². The van der Waals surface area contributed by atoms with Crippen molar-refractivity contribution in [3.63, 3.8) is 0 Å². The molecule has 0 aliphatic carbocycles. The molecule has 1 aromatic carbocycles. The second-order valence-electron chi connectivity index (χ2n) is 5.28. The molecule has 1 saturated heterocycles. The zero-order valence-electron chi connectivity index (χ0n) is 12.7. The highest BCUT2D eigenvalue weighted by Crippen LogP contribution is 2.32. The van der Waals surface area contributed by atoms with Gasteiger partial charge >= 0.3 is 5.97 Å². The number of hydrogen-bond donors (Lipinski definition) is 1. The number of likely N-dealkylation sites (tertiary alicyclic amines) is 1. The first kappa shape index (κ1) is 15.6. The molecule has 2 rings (SSSR count). The first-order valence-corrected chi connectivity index (χ1v) is 7.38. The normalized spacial score (nSPS) is 22.2. The third-order valence-electron chi connectivity index (χ3n) is 4.29. The van der Waals surface area contributed by atoms with E-state index >= 15 is 0 Å². The van der Waals surface area contributed by atoms with Crippen LogP contribution in [0.15, 0.2) is 24.3 Å². The van der Waals surface area contributed by atoms with Crippen molar-refractivity contribution in [2.24, 2.45) is 0 Å². The molecule has 0 radical (unpaired) electrons. The van der Waals surface area contributed by atoms with Crippen LogP contribution >= 0.6 is 0 Å². The zero-order valence-corrected chi connectivity index (χ0v) is 12.7. The fourth-order valence-electron chi connectivity index (χ4n) is 3.06. The molecule has 1 atom stereocenters. The van der Waals surface area contributed by atoms with E-state index in [1.807, 2.05) is 36.1 Å². The Kier molecular flexibility index (Phi) is 5.07. The van der Waals surface area contributed by atoms with Crippen molar-refractivity contribution >= 4 is 5.97 Å². The van der Waals surface area contributed by atoms with E-state index in [9.17, 15) is 9.90 Å². The molecule has 21 heavy (non-hydrogen) atoms. The van der Waals surface area contributed by atoms with Gasteiger partial charge < -0.3 is 14.6 Å². The summed E-state index contributed by atoms with van der Waals surface area (Å²) in [5.41, 5.74) is -0.718. The van der Waals surface area contributed by atoms with E-state index in [2.05, 4.69) is 0 Å². The minimum atomic E-state index is -0.722. The summed E-state index contributed by atoms with van der Waals surface area (Å²) in [6.45, 7) is 3.82. The predicted molar refractivity (Wildman–Crippen MR) is 80.0 cm³/mol. The molecule has 0 saturated carbocycles. The van der Waals surface area contributed by atoms with Gasteiger partial charge in [0.05, 0.1) is 7.11 Å². The highest BCUT2D eigenvalue weighted by molar-refractivity contribution is 5.79. The molecule has 0 bridgehead atoms. The SMILES string of the molecule is CCC1(C(=O)O)CCCN1CCOc1ccccc1OC. The van der Waals surface area contributed by atoms with Crippen LogP contribution in [0.3, 0.4) is 0 Å². The fourth-order valence-corrected chi connectivity index (χ4v) is 3.06. The lowest BCUT2D eigenvalue weighted by Crippen LogP contribution is -2.51. The Morgan fingerprint density at radius 1 is 1.38 bits per heavy atom. The van der Waals surface area contributed by atoms with Crippen LogP contribution in [-0.2, 0) is 4.79 Å². The van der Waals surface area contributed by atoms with Crippen LogP contribution in [-0.4, -0.2) is 48.3 Å². The maximum Gasteiger partial charge on any atom is 0.324 e. The topological polar surface area (TPSA) is 59.0 Å². The molecule has 116 valence electrons. The van der Waals surface area contributed by atoms with Crippen LogP contribution in [0.25, 0.3) is 0 Å². The number of ether oxygens (including phenoxy) is 2. The van der Waals surface area contributed by atoms with Crippen LogP contribution in [0.5, 0.6) is 11.5 Å². The molecule has 0 spiro atoms. The molecule has 1 aromatic rings. The molecule has 1 aliphatic heterocycles. The van der Waals surface area contributed by atoms with Gasteiger partial charge in [-0.25, -0.2) is 0 Å². The molecule has 1 unspecified atom stereocenters. The number of para-hydroxylation sites is 2. The van der Waals surface area contributed by atoms with E-state index in [1.165, 1.54) is 0 Å². The third-order valence-corrected chi connectivity index (χ3v) is 4.29. The molecule has 0 amide bonds. The molecule has 1 fully saturated rings. The summed E-state index contributed by atoms with van der Waals surface area (Å²) in [6.07, 6.45) is 2.26. The Balaban J connectivity index is 1.95. The van der Waals surface area contributed by atoms with E-state index in [-0.39, 0.29) is 0 Å². The van der Waals surface area contributed by atoms with Gasteiger partial charge in [-0.05, 0) is 37.9 Å². The van der Waals surface area contributed by atoms with E-state index in [4.69, 9.17) is 9.47 Å². The second-order valence-corrected chi connectivity index (χ2v) is 5.28. The van der Waals surface area contributed by atoms with Gasteiger partial charge in [-0.3, -0.25) is 9.69 Å². The van der Waals surface area contributed by atoms with Gasteiger partial charge in [-0.2, -0.15) is 0 Å². The third kappa shape index (κ3) is 3.13. The quantitative estimate of drug-likeness (QED) is 0.836. The summed E-state index contributed by atoms with van der Waals surface area (Å²) < 4.78 is 11.0. The van der Waals surface area contributed by atoms with Crippen molar-refractivity contribution in [1.29, 1.82) is 0 Å². The summed E-state index contributed by atoms with van der Waals surface area (Å²) in [5.74, 6) is 0.662. The summed E-state index contributed by atoms with van der Waals surface area (Å²) in [6, 6.07) is 7.48. The summed E-state index contributed by atoms with van der Waals surface area (Å²) in [5, 5.41) is 9.53. The van der Waals surface area contributed by atoms with Crippen LogP contribution in [0.4, 0.5) is 0 Å². The number of hydrogen-bond acceptors (Lipinski definition) is 4. The first-order chi connectivity index (χ1) is 10.1. The minimum absolute atomic E-state index is 0.454. The molecule has 1 aliphatic rings. The van der Waals surface area contributed by atoms with Crippen molar-refractivity contribution in [3.05, 3.63) is 24.3 Å². The number of carbonyl (C=O) groups is 1. The van der Waals surface area contributed by atoms with Crippen molar-refractivity contribution < 1.29 is 19.4 Å². The average molecular weight is 293 g/mol. The Labute approximate surface area is 125 Å². The van der Waals surface area contributed by atoms with E-state index in [0.29, 0.717) is 37.5 Å². The molecular formula is C16H23NO4. The average Bonchev–Trinajstić information content (AvgIpc) is 2.92. The highest BCUT2D eigenvalue weighted by atomic mass is 16.5. The number of carboxylic acid groups (broad SMARTS) is 1. The van der Waals surface area contributed by atoms with Gasteiger partial charge in [-0.1, -0.05) is 19.1 Å². The number of benzene rings is 1. The fraction of sp³-hybridized carbons (Fsp3) is 0.562. The number of rotatable bonds is 7. The second kappa shape index (κ2) is 6.80. The standard InChI is InChI=1S/C16H23NO4/c1-3-16(15(18)19)9-6-10-17(16)11-12-21-14-8-5-4-7-13(14)20-2/h4-5,7-8H,3,6,9-12H2,1-2H3,(H,18,19). The largest absolute Gasteiger partial charge is 0.493 e. The lowest BCUT2D eigenvalue weighted by molar-refractivity contribution is -0.150. The number of carboxylic acids is 1. The van der Waals surface area contributed by atoms with Crippen LogP contribution in [0.2, 0.25) is 0 Å². The van der Waals surface area contributed by atoms with Gasteiger partial charge in [0, 0.05) is 6.54 Å². The van der Waals surface area contributed by atoms with Crippen molar-refractivity contribution in [2.75, 3.05) is 26.8 Å². The first-order valence-electron chi connectivity index (χ1n) is 7.38. The monoisotopic (exact) mass is 293 g/mol. The van der Waals surface area contributed by atoms with Gasteiger partial charge in [0.15, 0.2) is 11.5 Å². The van der Waals surface area contributed by atoms with Crippen molar-refractivity contribution in [1.82, 2.24) is 4.90 Å². The Morgan fingerprint density at radius 2 is 2.10 bits per heavy atom. The van der Waals surface area contributed by atoms with Crippen LogP contribution in [0, 0.1) is 0 Å². The zero-order chi connectivity index (χ0) is 15.3. The van der Waals surface area contributed by atoms with E-state index in [0.717, 1.165) is 13.0 Å². The van der Waals surface area contributed by atoms with Gasteiger partial charge in [0.1, 0.15) is 12.1 Å². The van der Waals surface area contributed by atoms with Crippen molar-refractivity contribution in [3.8, 4) is 11.5 Å². The summed E-state index contributed by atoms with van der Waals surface area (Å²) >= 11 is 0. The lowest BCUT2D eigenvalue weighted by Gasteiger charge is -2.33. The maximum atomic E-state index is 11.6. The molecular weight excluding hydrogens is 270 g/mol. The van der Waals surface area contributed by atoms with Crippen LogP contribution < -0.4 is 9.47 Å². The van der Waals surface area contributed by atoms with Crippen molar-refractivity contribution in [2.45, 2.75) is 31.7 Å². The maximum absolute atomic E-state index is 11.6. The summed E-state index contributed by atoms with van der Waals surface area (Å²) in [7, 11) is 1.61. The smallest absolute Gasteiger partial charge is 0.324 e. The van der Waals surface area contributed by atoms with E-state index in [1.54, 1.807) is 7.11 Å². The van der Waals surface area contributed by atoms with Gasteiger partial charge in [-0.15, -0.1) is 0 Å². The summed E-state index contributed by atoms with van der Waals surface area (Å²) in [4.78, 5) is 13.6. The molecule has 1 N–H and O–H groups in total. The Hall–Kier alpha value is -1.75. The lowest BCUT2D eigenvalue weighted by atomic mass is 9.93. The Bertz CT molecular complexity index is 491. The molecule has 5 nitrogen and oxygen atoms in total. The predicted octanol–water partition coefficient (Wildman–Crippen LogP) is 2.40. The van der Waals surface area contributed by atoms with E-state index < -0.39 is 11.5 Å². The number of aliphatic carboxylic acids is 1. The Morgan fingerprint density at radius 3 is 2.71 bits per heavy atom. The highest BCUT2D eigenvalue weighted by Gasteiger charge is 2.45. The van der Waals surface area contributed by atoms with Crippen LogP contribution in [0.1, 0.15) is 26.2 Å². The van der Waals surface area contributed by atoms with Gasteiger partial charge in [0.2, 0.25) is 0 Å².